The number of aromatic nitrogens is 2. The van der Waals surface area contributed by atoms with Gasteiger partial charge in [0.2, 0.25) is 0 Å². The van der Waals surface area contributed by atoms with E-state index in [0.29, 0.717) is 19.8 Å². The maximum absolute atomic E-state index is 13.5. The molecule has 1 N–H and O–H groups in total. The number of hydrogen-bond acceptors (Lipinski definition) is 4. The van der Waals surface area contributed by atoms with Crippen molar-refractivity contribution in [2.24, 2.45) is 0 Å². The predicted octanol–water partition coefficient (Wildman–Crippen LogP) is 3.50. The van der Waals surface area contributed by atoms with Gasteiger partial charge in [0, 0.05) is 30.6 Å². The molecule has 2 fully saturated rings. The molecule has 3 aromatic rings. The van der Waals surface area contributed by atoms with Gasteiger partial charge in [-0.25, -0.2) is 0 Å². The Kier molecular flexibility index (Phi) is 5.74. The number of rotatable bonds is 5. The summed E-state index contributed by atoms with van der Waals surface area (Å²) >= 11 is 0. The average molecular weight is 419 g/mol. The summed E-state index contributed by atoms with van der Waals surface area (Å²) in [4.78, 5) is 18.1. The smallest absolute Gasteiger partial charge is 0.254 e. The van der Waals surface area contributed by atoms with E-state index in [1.54, 1.807) is 6.20 Å². The summed E-state index contributed by atoms with van der Waals surface area (Å²) < 4.78 is 5.88. The molecular formula is C25H30N4O2. The second-order valence-corrected chi connectivity index (χ2v) is 8.84. The first-order chi connectivity index (χ1) is 15.2. The van der Waals surface area contributed by atoms with Gasteiger partial charge in [0.15, 0.2) is 0 Å². The molecule has 0 saturated carbocycles. The number of H-pyrrole nitrogens is 1. The number of aromatic amines is 1. The third-order valence-corrected chi connectivity index (χ3v) is 6.90. The minimum atomic E-state index is -0.184. The van der Waals surface area contributed by atoms with Gasteiger partial charge < -0.3 is 14.5 Å². The third-order valence-electron chi connectivity index (χ3n) is 6.90. The second-order valence-electron chi connectivity index (χ2n) is 8.84. The highest BCUT2D eigenvalue weighted by molar-refractivity contribution is 5.98. The van der Waals surface area contributed by atoms with Gasteiger partial charge in [0.1, 0.15) is 0 Å². The molecule has 1 amide bonds. The minimum absolute atomic E-state index is 0.115. The van der Waals surface area contributed by atoms with E-state index < -0.39 is 0 Å². The van der Waals surface area contributed by atoms with Gasteiger partial charge in [-0.15, -0.1) is 0 Å². The molecule has 0 radical (unpaired) electrons. The Morgan fingerprint density at radius 2 is 1.94 bits per heavy atom. The lowest BCUT2D eigenvalue weighted by Crippen LogP contribution is -2.63. The van der Waals surface area contributed by atoms with Crippen molar-refractivity contribution in [1.82, 2.24) is 20.0 Å². The Labute approximate surface area is 183 Å². The molecule has 5 rings (SSSR count). The molecule has 2 aromatic carbocycles. The standard InChI is InChI=1S/C25H30N4O2/c30-24(21-8-9-23-22(17-21)18-26-27-23)29-15-16-31-19-25(29)10-13-28(14-11-25)12-4-7-20-5-2-1-3-6-20/h1-3,5-6,8-9,17-18H,4,7,10-16,19H2,(H,26,27). The molecule has 31 heavy (non-hydrogen) atoms. The van der Waals surface area contributed by atoms with Gasteiger partial charge in [-0.05, 0) is 56.0 Å². The SMILES string of the molecule is O=C(c1ccc2[nH]ncc2c1)N1CCOCC12CCN(CCCc1ccccc1)CC2. The average Bonchev–Trinajstić information content (AvgIpc) is 3.29. The summed E-state index contributed by atoms with van der Waals surface area (Å²) in [6.45, 7) is 5.06. The lowest BCUT2D eigenvalue weighted by atomic mass is 9.84. The molecule has 3 heterocycles. The van der Waals surface area contributed by atoms with Crippen LogP contribution in [-0.4, -0.2) is 70.8 Å². The van der Waals surface area contributed by atoms with E-state index in [9.17, 15) is 4.79 Å². The number of benzene rings is 2. The topological polar surface area (TPSA) is 61.5 Å². The summed E-state index contributed by atoms with van der Waals surface area (Å²) in [6, 6.07) is 16.5. The van der Waals surface area contributed by atoms with Crippen molar-refractivity contribution in [2.75, 3.05) is 39.4 Å². The van der Waals surface area contributed by atoms with E-state index in [-0.39, 0.29) is 11.4 Å². The molecule has 2 aliphatic heterocycles. The molecule has 0 aliphatic carbocycles. The van der Waals surface area contributed by atoms with Gasteiger partial charge in [0.05, 0.1) is 30.5 Å². The van der Waals surface area contributed by atoms with E-state index in [4.69, 9.17) is 4.74 Å². The van der Waals surface area contributed by atoms with Gasteiger partial charge >= 0.3 is 0 Å². The van der Waals surface area contributed by atoms with Crippen LogP contribution in [0.3, 0.4) is 0 Å². The number of carbonyl (C=O) groups is 1. The number of nitrogens with one attached hydrogen (secondary N) is 1. The van der Waals surface area contributed by atoms with Crippen molar-refractivity contribution < 1.29 is 9.53 Å². The van der Waals surface area contributed by atoms with E-state index in [2.05, 4.69) is 50.3 Å². The first-order valence-corrected chi connectivity index (χ1v) is 11.3. The number of likely N-dealkylation sites (tertiary alicyclic amines) is 1. The molecule has 0 bridgehead atoms. The lowest BCUT2D eigenvalue weighted by Gasteiger charge is -2.51. The molecule has 0 unspecified atom stereocenters. The molecule has 0 atom stereocenters. The van der Waals surface area contributed by atoms with Crippen LogP contribution < -0.4 is 0 Å². The summed E-state index contributed by atoms with van der Waals surface area (Å²) in [7, 11) is 0. The Morgan fingerprint density at radius 1 is 1.10 bits per heavy atom. The maximum Gasteiger partial charge on any atom is 0.254 e. The fourth-order valence-corrected chi connectivity index (χ4v) is 5.04. The van der Waals surface area contributed by atoms with Crippen molar-refractivity contribution in [3.8, 4) is 0 Å². The van der Waals surface area contributed by atoms with Gasteiger partial charge in [-0.2, -0.15) is 5.10 Å². The molecular weight excluding hydrogens is 388 g/mol. The zero-order chi connectivity index (χ0) is 21.1. The van der Waals surface area contributed by atoms with Crippen molar-refractivity contribution in [3.63, 3.8) is 0 Å². The van der Waals surface area contributed by atoms with Gasteiger partial charge in [0.25, 0.3) is 5.91 Å². The summed E-state index contributed by atoms with van der Waals surface area (Å²) in [6.07, 6.45) is 6.00. The zero-order valence-corrected chi connectivity index (χ0v) is 17.9. The van der Waals surface area contributed by atoms with Crippen molar-refractivity contribution in [3.05, 3.63) is 65.9 Å². The number of fused-ring (bicyclic) bond motifs is 1. The van der Waals surface area contributed by atoms with Crippen LogP contribution in [0.4, 0.5) is 0 Å². The molecule has 2 aliphatic rings. The molecule has 6 heteroatoms. The number of morpholine rings is 1. The second kappa shape index (κ2) is 8.81. The van der Waals surface area contributed by atoms with Gasteiger partial charge in [-0.3, -0.25) is 9.89 Å². The van der Waals surface area contributed by atoms with Crippen LogP contribution in [0.25, 0.3) is 10.9 Å². The first kappa shape index (κ1) is 20.2. The van der Waals surface area contributed by atoms with Crippen molar-refractivity contribution >= 4 is 16.8 Å². The van der Waals surface area contributed by atoms with Crippen LogP contribution in [0.15, 0.2) is 54.7 Å². The largest absolute Gasteiger partial charge is 0.377 e. The number of amides is 1. The number of hydrogen-bond donors (Lipinski definition) is 1. The van der Waals surface area contributed by atoms with Crippen LogP contribution in [0.1, 0.15) is 35.2 Å². The van der Waals surface area contributed by atoms with Crippen molar-refractivity contribution in [1.29, 1.82) is 0 Å². The molecule has 2 saturated heterocycles. The van der Waals surface area contributed by atoms with Crippen LogP contribution in [0.5, 0.6) is 0 Å². The number of ether oxygens (including phenoxy) is 1. The molecule has 6 nitrogen and oxygen atoms in total. The van der Waals surface area contributed by atoms with E-state index >= 15 is 0 Å². The number of nitrogens with zero attached hydrogens (tertiary/aromatic N) is 3. The Hall–Kier alpha value is -2.70. The van der Waals surface area contributed by atoms with E-state index in [1.807, 2.05) is 18.2 Å². The fraction of sp³-hybridized carbons (Fsp3) is 0.440. The highest BCUT2D eigenvalue weighted by atomic mass is 16.5. The summed E-state index contributed by atoms with van der Waals surface area (Å²) in [5.74, 6) is 0.115. The summed E-state index contributed by atoms with van der Waals surface area (Å²) in [5.41, 5.74) is 2.91. The zero-order valence-electron chi connectivity index (χ0n) is 17.9. The molecule has 162 valence electrons. The Morgan fingerprint density at radius 3 is 2.77 bits per heavy atom. The number of piperidine rings is 1. The van der Waals surface area contributed by atoms with Crippen LogP contribution in [0.2, 0.25) is 0 Å². The molecule has 1 spiro atoms. The maximum atomic E-state index is 13.5. The fourth-order valence-electron chi connectivity index (χ4n) is 5.04. The monoisotopic (exact) mass is 418 g/mol. The number of aryl methyl sites for hydroxylation is 1. The lowest BCUT2D eigenvalue weighted by molar-refractivity contribution is -0.0776. The highest BCUT2D eigenvalue weighted by Crippen LogP contribution is 2.33. The van der Waals surface area contributed by atoms with Crippen molar-refractivity contribution in [2.45, 2.75) is 31.2 Å². The van der Waals surface area contributed by atoms with Crippen LogP contribution in [-0.2, 0) is 11.2 Å². The normalized spacial score (nSPS) is 19.2. The quantitative estimate of drug-likeness (QED) is 0.689. The van der Waals surface area contributed by atoms with Gasteiger partial charge in [-0.1, -0.05) is 30.3 Å². The van der Waals surface area contributed by atoms with E-state index in [1.165, 1.54) is 12.0 Å². The first-order valence-electron chi connectivity index (χ1n) is 11.3. The van der Waals surface area contributed by atoms with Crippen LogP contribution in [0, 0.1) is 0 Å². The highest BCUT2D eigenvalue weighted by Gasteiger charge is 2.44. The van der Waals surface area contributed by atoms with E-state index in [0.717, 1.165) is 55.4 Å². The Bertz CT molecular complexity index is 1020. The predicted molar refractivity (Wildman–Crippen MR) is 121 cm³/mol. The minimum Gasteiger partial charge on any atom is -0.377 e. The third kappa shape index (κ3) is 4.23. The molecule has 1 aromatic heterocycles. The Balaban J connectivity index is 1.22. The number of carbonyl (C=O) groups excluding carboxylic acids is 1. The van der Waals surface area contributed by atoms with Crippen LogP contribution >= 0.6 is 0 Å². The summed E-state index contributed by atoms with van der Waals surface area (Å²) in [5, 5.41) is 8.00.